The molecular weight excluding hydrogens is 140 g/mol. The lowest BCUT2D eigenvalue weighted by atomic mass is 10.2. The van der Waals surface area contributed by atoms with Crippen LogP contribution in [0.4, 0.5) is 8.78 Å². The van der Waals surface area contributed by atoms with Crippen molar-refractivity contribution >= 4 is 5.91 Å². The molecule has 0 atom stereocenters. The Morgan fingerprint density at radius 2 is 2.00 bits per heavy atom. The van der Waals surface area contributed by atoms with Gasteiger partial charge in [-0.25, -0.2) is 0 Å². The van der Waals surface area contributed by atoms with Gasteiger partial charge in [0.25, 0.3) is 5.91 Å². The average Bonchev–Trinajstić information content (AvgIpc) is 1.57. The van der Waals surface area contributed by atoms with Gasteiger partial charge in [-0.1, -0.05) is 0 Å². The molecule has 0 aromatic heterocycles. The SMILES string of the molecule is CC(F)(F)C(=O)N1CCC1. The van der Waals surface area contributed by atoms with Crippen LogP contribution in [-0.2, 0) is 4.79 Å². The van der Waals surface area contributed by atoms with E-state index >= 15 is 0 Å². The second kappa shape index (κ2) is 2.18. The molecule has 1 saturated heterocycles. The van der Waals surface area contributed by atoms with Crippen LogP contribution in [0.3, 0.4) is 0 Å². The summed E-state index contributed by atoms with van der Waals surface area (Å²) in [5.74, 6) is -4.22. The van der Waals surface area contributed by atoms with Gasteiger partial charge in [-0.2, -0.15) is 8.78 Å². The highest BCUT2D eigenvalue weighted by molar-refractivity contribution is 5.83. The van der Waals surface area contributed by atoms with Crippen LogP contribution in [0, 0.1) is 0 Å². The number of rotatable bonds is 1. The molecule has 0 saturated carbocycles. The highest BCUT2D eigenvalue weighted by Gasteiger charge is 2.38. The number of hydrogen-bond acceptors (Lipinski definition) is 1. The van der Waals surface area contributed by atoms with Gasteiger partial charge in [-0.05, 0) is 6.42 Å². The van der Waals surface area contributed by atoms with Crippen molar-refractivity contribution in [2.75, 3.05) is 13.1 Å². The van der Waals surface area contributed by atoms with Gasteiger partial charge < -0.3 is 4.90 Å². The summed E-state index contributed by atoms with van der Waals surface area (Å²) < 4.78 is 24.4. The third-order valence-electron chi connectivity index (χ3n) is 1.52. The van der Waals surface area contributed by atoms with Gasteiger partial charge in [0.2, 0.25) is 0 Å². The van der Waals surface area contributed by atoms with Gasteiger partial charge in [0.05, 0.1) is 0 Å². The Labute approximate surface area is 57.8 Å². The van der Waals surface area contributed by atoms with Crippen molar-refractivity contribution < 1.29 is 13.6 Å². The molecule has 1 aliphatic rings. The van der Waals surface area contributed by atoms with Gasteiger partial charge in [0.15, 0.2) is 0 Å². The van der Waals surface area contributed by atoms with E-state index in [-0.39, 0.29) is 0 Å². The Morgan fingerprint density at radius 1 is 1.50 bits per heavy atom. The monoisotopic (exact) mass is 149 g/mol. The number of carbonyl (C=O) groups excluding carboxylic acids is 1. The zero-order valence-electron chi connectivity index (χ0n) is 5.73. The molecule has 1 fully saturated rings. The maximum Gasteiger partial charge on any atom is 0.322 e. The van der Waals surface area contributed by atoms with E-state index in [1.807, 2.05) is 0 Å². The molecule has 1 aliphatic heterocycles. The maximum absolute atomic E-state index is 12.2. The number of nitrogens with zero attached hydrogens (tertiary/aromatic N) is 1. The number of carbonyl (C=O) groups is 1. The van der Waals surface area contributed by atoms with E-state index in [9.17, 15) is 13.6 Å². The Morgan fingerprint density at radius 3 is 2.10 bits per heavy atom. The van der Waals surface area contributed by atoms with Crippen LogP contribution in [-0.4, -0.2) is 29.8 Å². The van der Waals surface area contributed by atoms with Crippen molar-refractivity contribution in [2.24, 2.45) is 0 Å². The first-order chi connectivity index (χ1) is 4.52. The number of amides is 1. The lowest BCUT2D eigenvalue weighted by Crippen LogP contribution is -2.49. The fraction of sp³-hybridized carbons (Fsp3) is 0.833. The third kappa shape index (κ3) is 1.25. The van der Waals surface area contributed by atoms with E-state index in [1.165, 1.54) is 4.90 Å². The second-order valence-corrected chi connectivity index (χ2v) is 2.53. The summed E-state index contributed by atoms with van der Waals surface area (Å²) in [5.41, 5.74) is 0. The second-order valence-electron chi connectivity index (χ2n) is 2.53. The van der Waals surface area contributed by atoms with Crippen LogP contribution in [0.1, 0.15) is 13.3 Å². The highest BCUT2D eigenvalue weighted by Crippen LogP contribution is 2.19. The fourth-order valence-corrected chi connectivity index (χ4v) is 0.797. The Hall–Kier alpha value is -0.670. The number of likely N-dealkylation sites (tertiary alicyclic amines) is 1. The molecule has 58 valence electrons. The summed E-state index contributed by atoms with van der Waals surface area (Å²) in [7, 11) is 0. The summed E-state index contributed by atoms with van der Waals surface area (Å²) in [6, 6.07) is 0. The van der Waals surface area contributed by atoms with Crippen LogP contribution in [0.2, 0.25) is 0 Å². The minimum atomic E-state index is -3.18. The molecule has 4 heteroatoms. The Balaban J connectivity index is 2.48. The van der Waals surface area contributed by atoms with Crippen LogP contribution in [0.5, 0.6) is 0 Å². The molecule has 0 unspecified atom stereocenters. The average molecular weight is 149 g/mol. The molecule has 10 heavy (non-hydrogen) atoms. The number of hydrogen-bond donors (Lipinski definition) is 0. The predicted molar refractivity (Wildman–Crippen MR) is 31.8 cm³/mol. The number of halogens is 2. The first-order valence-corrected chi connectivity index (χ1v) is 3.19. The quantitative estimate of drug-likeness (QED) is 0.541. The van der Waals surface area contributed by atoms with Crippen LogP contribution in [0.25, 0.3) is 0 Å². The molecule has 0 aromatic rings. The zero-order valence-corrected chi connectivity index (χ0v) is 5.73. The topological polar surface area (TPSA) is 20.3 Å². The van der Waals surface area contributed by atoms with Crippen molar-refractivity contribution in [3.8, 4) is 0 Å². The van der Waals surface area contributed by atoms with Gasteiger partial charge in [-0.15, -0.1) is 0 Å². The molecule has 0 N–H and O–H groups in total. The van der Waals surface area contributed by atoms with Gasteiger partial charge in [0, 0.05) is 20.0 Å². The lowest BCUT2D eigenvalue weighted by Gasteiger charge is -2.32. The van der Waals surface area contributed by atoms with Crippen LogP contribution >= 0.6 is 0 Å². The van der Waals surface area contributed by atoms with Crippen molar-refractivity contribution in [3.63, 3.8) is 0 Å². The van der Waals surface area contributed by atoms with E-state index in [2.05, 4.69) is 0 Å². The molecule has 1 rings (SSSR count). The van der Waals surface area contributed by atoms with Gasteiger partial charge in [-0.3, -0.25) is 4.79 Å². The molecule has 0 radical (unpaired) electrons. The third-order valence-corrected chi connectivity index (χ3v) is 1.52. The van der Waals surface area contributed by atoms with E-state index in [1.54, 1.807) is 0 Å². The molecular formula is C6H9F2NO. The van der Waals surface area contributed by atoms with Crippen molar-refractivity contribution in [1.29, 1.82) is 0 Å². The molecule has 0 aromatic carbocycles. The first-order valence-electron chi connectivity index (χ1n) is 3.19. The van der Waals surface area contributed by atoms with E-state index in [0.29, 0.717) is 20.0 Å². The maximum atomic E-state index is 12.2. The van der Waals surface area contributed by atoms with Crippen LogP contribution < -0.4 is 0 Å². The van der Waals surface area contributed by atoms with Crippen molar-refractivity contribution in [2.45, 2.75) is 19.3 Å². The molecule has 1 amide bonds. The van der Waals surface area contributed by atoms with E-state index in [4.69, 9.17) is 0 Å². The van der Waals surface area contributed by atoms with Crippen molar-refractivity contribution in [1.82, 2.24) is 4.90 Å². The summed E-state index contributed by atoms with van der Waals surface area (Å²) in [5, 5.41) is 0. The molecule has 0 aliphatic carbocycles. The Kier molecular flexibility index (Phi) is 1.62. The number of alkyl halides is 2. The standard InChI is InChI=1S/C6H9F2NO/c1-6(7,8)5(10)9-3-2-4-9/h2-4H2,1H3. The van der Waals surface area contributed by atoms with E-state index in [0.717, 1.165) is 6.42 Å². The summed E-state index contributed by atoms with van der Waals surface area (Å²) in [6.45, 7) is 1.61. The largest absolute Gasteiger partial charge is 0.337 e. The van der Waals surface area contributed by atoms with E-state index < -0.39 is 11.8 Å². The summed E-state index contributed by atoms with van der Waals surface area (Å²) >= 11 is 0. The first kappa shape index (κ1) is 7.44. The Bertz CT molecular complexity index is 148. The smallest absolute Gasteiger partial charge is 0.322 e. The summed E-state index contributed by atoms with van der Waals surface area (Å²) in [4.78, 5) is 11.8. The minimum Gasteiger partial charge on any atom is -0.337 e. The highest BCUT2D eigenvalue weighted by atomic mass is 19.3. The molecule has 2 nitrogen and oxygen atoms in total. The summed E-state index contributed by atoms with van der Waals surface area (Å²) in [6.07, 6.45) is 0.849. The molecule has 0 spiro atoms. The normalized spacial score (nSPS) is 18.5. The lowest BCUT2D eigenvalue weighted by molar-refractivity contribution is -0.158. The van der Waals surface area contributed by atoms with Crippen molar-refractivity contribution in [3.05, 3.63) is 0 Å². The van der Waals surface area contributed by atoms with Gasteiger partial charge >= 0.3 is 5.92 Å². The predicted octanol–water partition coefficient (Wildman–Crippen LogP) is 0.874. The zero-order chi connectivity index (χ0) is 7.78. The van der Waals surface area contributed by atoms with Gasteiger partial charge in [0.1, 0.15) is 0 Å². The molecule has 1 heterocycles. The molecule has 0 bridgehead atoms. The van der Waals surface area contributed by atoms with Crippen LogP contribution in [0.15, 0.2) is 0 Å². The minimum absolute atomic E-state index is 0.488. The fourth-order valence-electron chi connectivity index (χ4n) is 0.797.